The van der Waals surface area contributed by atoms with Crippen molar-refractivity contribution in [1.82, 2.24) is 10.6 Å². The van der Waals surface area contributed by atoms with Gasteiger partial charge in [0.1, 0.15) is 0 Å². The van der Waals surface area contributed by atoms with Crippen molar-refractivity contribution < 1.29 is 4.79 Å². The zero-order chi connectivity index (χ0) is 11.8. The van der Waals surface area contributed by atoms with E-state index in [4.69, 9.17) is 11.6 Å². The molecule has 4 aliphatic rings. The Bertz CT molecular complexity index is 280. The molecule has 0 spiro atoms. The van der Waals surface area contributed by atoms with Crippen molar-refractivity contribution in [2.75, 3.05) is 12.4 Å². The van der Waals surface area contributed by atoms with Crippen LogP contribution in [-0.2, 0) is 0 Å². The first kappa shape index (κ1) is 11.6. The first-order valence-electron chi connectivity index (χ1n) is 6.86. The van der Waals surface area contributed by atoms with E-state index < -0.39 is 0 Å². The molecule has 2 N–H and O–H groups in total. The number of amides is 2. The molecule has 0 aromatic carbocycles. The molecule has 4 bridgehead atoms. The van der Waals surface area contributed by atoms with Gasteiger partial charge in [-0.3, -0.25) is 0 Å². The van der Waals surface area contributed by atoms with Crippen molar-refractivity contribution in [2.24, 2.45) is 23.7 Å². The summed E-state index contributed by atoms with van der Waals surface area (Å²) in [5, 5.41) is 6.00. The summed E-state index contributed by atoms with van der Waals surface area (Å²) in [5.41, 5.74) is 0. The molecule has 0 heterocycles. The highest BCUT2D eigenvalue weighted by molar-refractivity contribution is 6.18. The van der Waals surface area contributed by atoms with Gasteiger partial charge in [-0.05, 0) is 55.8 Å². The number of urea groups is 1. The minimum atomic E-state index is -0.0249. The summed E-state index contributed by atoms with van der Waals surface area (Å²) in [4.78, 5) is 11.7. The molecule has 4 aliphatic carbocycles. The molecular weight excluding hydrogens is 236 g/mol. The van der Waals surface area contributed by atoms with Gasteiger partial charge in [0.15, 0.2) is 0 Å². The van der Waals surface area contributed by atoms with Crippen molar-refractivity contribution in [1.29, 1.82) is 0 Å². The molecule has 2 amide bonds. The maximum atomic E-state index is 11.7. The molecule has 0 radical (unpaired) electrons. The molecule has 0 aromatic rings. The van der Waals surface area contributed by atoms with E-state index in [0.29, 0.717) is 18.5 Å². The van der Waals surface area contributed by atoms with E-state index in [1.165, 1.54) is 32.1 Å². The van der Waals surface area contributed by atoms with Gasteiger partial charge >= 0.3 is 6.03 Å². The van der Waals surface area contributed by atoms with E-state index in [1.807, 2.05) is 0 Å². The average molecular weight is 257 g/mol. The molecule has 0 aromatic heterocycles. The van der Waals surface area contributed by atoms with Gasteiger partial charge in [0, 0.05) is 18.5 Å². The molecule has 0 unspecified atom stereocenters. The molecule has 4 fully saturated rings. The second-order valence-electron chi connectivity index (χ2n) is 6.05. The molecule has 0 atom stereocenters. The predicted octanol–water partition coefficient (Wildman–Crippen LogP) is 2.35. The van der Waals surface area contributed by atoms with E-state index in [9.17, 15) is 4.79 Å². The van der Waals surface area contributed by atoms with Crippen LogP contribution in [0.4, 0.5) is 4.79 Å². The van der Waals surface area contributed by atoms with Gasteiger partial charge in [-0.15, -0.1) is 11.6 Å². The second kappa shape index (κ2) is 4.68. The highest BCUT2D eigenvalue weighted by Gasteiger charge is 2.48. The number of halogens is 1. The Labute approximate surface area is 108 Å². The van der Waals surface area contributed by atoms with Crippen LogP contribution in [0.2, 0.25) is 0 Å². The lowest BCUT2D eigenvalue weighted by Crippen LogP contribution is -2.57. The molecule has 17 heavy (non-hydrogen) atoms. The quantitative estimate of drug-likeness (QED) is 0.748. The largest absolute Gasteiger partial charge is 0.337 e. The number of carbonyl (C=O) groups excluding carboxylic acids is 1. The summed E-state index contributed by atoms with van der Waals surface area (Å²) in [7, 11) is 0. The normalized spacial score (nSPS) is 42.5. The fourth-order valence-electron chi connectivity index (χ4n) is 4.52. The van der Waals surface area contributed by atoms with Crippen LogP contribution in [0, 0.1) is 23.7 Å². The maximum Gasteiger partial charge on any atom is 0.315 e. The molecule has 96 valence electrons. The SMILES string of the molecule is O=C(NCCCl)NC1C2CC3CC(C2)CC1C3. The summed E-state index contributed by atoms with van der Waals surface area (Å²) in [6.45, 7) is 0.556. The Balaban J connectivity index is 1.58. The Morgan fingerprint density at radius 3 is 2.18 bits per heavy atom. The van der Waals surface area contributed by atoms with Crippen molar-refractivity contribution in [3.63, 3.8) is 0 Å². The summed E-state index contributed by atoms with van der Waals surface area (Å²) in [5.74, 6) is 3.89. The fraction of sp³-hybridized carbons (Fsp3) is 0.923. The van der Waals surface area contributed by atoms with E-state index in [1.54, 1.807) is 0 Å². The van der Waals surface area contributed by atoms with Gasteiger partial charge < -0.3 is 10.6 Å². The molecular formula is C13H21ClN2O. The van der Waals surface area contributed by atoms with Gasteiger partial charge in [0.25, 0.3) is 0 Å². The van der Waals surface area contributed by atoms with Crippen molar-refractivity contribution in [3.8, 4) is 0 Å². The lowest BCUT2D eigenvalue weighted by Gasteiger charge is -2.54. The highest BCUT2D eigenvalue weighted by Crippen LogP contribution is 2.53. The fourth-order valence-corrected chi connectivity index (χ4v) is 4.62. The van der Waals surface area contributed by atoms with Crippen molar-refractivity contribution in [2.45, 2.75) is 38.1 Å². The maximum absolute atomic E-state index is 11.7. The van der Waals surface area contributed by atoms with Gasteiger partial charge in [0.05, 0.1) is 0 Å². The van der Waals surface area contributed by atoms with Crippen molar-refractivity contribution >= 4 is 17.6 Å². The van der Waals surface area contributed by atoms with Crippen LogP contribution in [0.1, 0.15) is 32.1 Å². The smallest absolute Gasteiger partial charge is 0.315 e. The zero-order valence-corrected chi connectivity index (χ0v) is 10.9. The predicted molar refractivity (Wildman–Crippen MR) is 68.1 cm³/mol. The third-order valence-electron chi connectivity index (χ3n) is 4.90. The molecule has 0 aliphatic heterocycles. The number of nitrogens with one attached hydrogen (secondary N) is 2. The lowest BCUT2D eigenvalue weighted by molar-refractivity contribution is -0.00938. The standard InChI is InChI=1S/C13H21ClN2O/c14-1-2-15-13(17)16-12-10-4-8-3-9(6-10)7-11(12)5-8/h8-12H,1-7H2,(H2,15,16,17). The summed E-state index contributed by atoms with van der Waals surface area (Å²) in [6.07, 6.45) is 6.82. The number of carbonyl (C=O) groups is 1. The van der Waals surface area contributed by atoms with E-state index in [0.717, 1.165) is 23.7 Å². The third kappa shape index (κ3) is 2.26. The monoisotopic (exact) mass is 256 g/mol. The van der Waals surface area contributed by atoms with Gasteiger partial charge in [-0.1, -0.05) is 0 Å². The van der Waals surface area contributed by atoms with Crippen LogP contribution in [0.15, 0.2) is 0 Å². The molecule has 4 saturated carbocycles. The van der Waals surface area contributed by atoms with Gasteiger partial charge in [0.2, 0.25) is 0 Å². The van der Waals surface area contributed by atoms with E-state index >= 15 is 0 Å². The van der Waals surface area contributed by atoms with E-state index in [-0.39, 0.29) is 6.03 Å². The molecule has 4 rings (SSSR count). The third-order valence-corrected chi connectivity index (χ3v) is 5.09. The highest BCUT2D eigenvalue weighted by atomic mass is 35.5. The Morgan fingerprint density at radius 2 is 1.65 bits per heavy atom. The van der Waals surface area contributed by atoms with E-state index in [2.05, 4.69) is 10.6 Å². The first-order chi connectivity index (χ1) is 8.26. The molecule has 0 saturated heterocycles. The van der Waals surface area contributed by atoms with Crippen LogP contribution in [-0.4, -0.2) is 24.5 Å². The van der Waals surface area contributed by atoms with Crippen molar-refractivity contribution in [3.05, 3.63) is 0 Å². The molecule has 4 heteroatoms. The Hall–Kier alpha value is -0.440. The van der Waals surface area contributed by atoms with Gasteiger partial charge in [-0.25, -0.2) is 4.79 Å². The average Bonchev–Trinajstić information content (AvgIpc) is 2.30. The number of hydrogen-bond donors (Lipinski definition) is 2. The number of hydrogen-bond acceptors (Lipinski definition) is 1. The first-order valence-corrected chi connectivity index (χ1v) is 7.40. The molecule has 3 nitrogen and oxygen atoms in total. The lowest BCUT2D eigenvalue weighted by atomic mass is 9.54. The zero-order valence-electron chi connectivity index (χ0n) is 10.1. The van der Waals surface area contributed by atoms with Crippen LogP contribution >= 0.6 is 11.6 Å². The second-order valence-corrected chi connectivity index (χ2v) is 6.42. The van der Waals surface area contributed by atoms with Crippen LogP contribution < -0.4 is 10.6 Å². The van der Waals surface area contributed by atoms with Gasteiger partial charge in [-0.2, -0.15) is 0 Å². The summed E-state index contributed by atoms with van der Waals surface area (Å²) in [6, 6.07) is 0.404. The van der Waals surface area contributed by atoms with Crippen LogP contribution in [0.5, 0.6) is 0 Å². The minimum Gasteiger partial charge on any atom is -0.337 e. The topological polar surface area (TPSA) is 41.1 Å². The minimum absolute atomic E-state index is 0.0249. The van der Waals surface area contributed by atoms with Crippen LogP contribution in [0.25, 0.3) is 0 Å². The summed E-state index contributed by atoms with van der Waals surface area (Å²) >= 11 is 5.57. The number of rotatable bonds is 3. The summed E-state index contributed by atoms with van der Waals surface area (Å²) < 4.78 is 0. The van der Waals surface area contributed by atoms with Crippen LogP contribution in [0.3, 0.4) is 0 Å². The number of alkyl halides is 1. The Morgan fingerprint density at radius 1 is 1.06 bits per heavy atom. The Kier molecular flexibility index (Phi) is 3.20.